The van der Waals surface area contributed by atoms with E-state index in [0.29, 0.717) is 0 Å². The van der Waals surface area contributed by atoms with Crippen LogP contribution in [0, 0.1) is 0 Å². The first kappa shape index (κ1) is 16.1. The average Bonchev–Trinajstić information content (AvgIpc) is 2.45. The van der Waals surface area contributed by atoms with Crippen molar-refractivity contribution in [2.24, 2.45) is 0 Å². The van der Waals surface area contributed by atoms with E-state index in [1.54, 1.807) is 19.9 Å². The minimum atomic E-state index is -0.710. The van der Waals surface area contributed by atoms with Crippen molar-refractivity contribution in [2.75, 3.05) is 18.0 Å². The number of carbonyl (C=O) groups is 2. The number of rotatable bonds is 4. The molecule has 1 aliphatic heterocycles. The molecular weight excluding hydrogens is 278 g/mol. The largest absolute Gasteiger partial charge is 0.372 e. The van der Waals surface area contributed by atoms with Gasteiger partial charge in [-0.25, -0.2) is 0 Å². The maximum Gasteiger partial charge on any atom is 0.258 e. The van der Waals surface area contributed by atoms with Gasteiger partial charge in [0.1, 0.15) is 11.2 Å². The van der Waals surface area contributed by atoms with Crippen LogP contribution in [0.1, 0.15) is 33.3 Å². The third kappa shape index (κ3) is 3.47. The summed E-state index contributed by atoms with van der Waals surface area (Å²) >= 11 is 0. The van der Waals surface area contributed by atoms with Crippen molar-refractivity contribution < 1.29 is 9.59 Å². The van der Waals surface area contributed by atoms with E-state index in [-0.39, 0.29) is 17.4 Å². The van der Waals surface area contributed by atoms with Crippen LogP contribution in [0.4, 0.5) is 5.69 Å². The maximum atomic E-state index is 12.0. The minimum absolute atomic E-state index is 0.134. The molecule has 1 aromatic carbocycles. The molecule has 1 fully saturated rings. The maximum absolute atomic E-state index is 12.0. The second-order valence-corrected chi connectivity index (χ2v) is 5.86. The molecule has 2 rings (SSSR count). The number of carbonyl (C=O) groups excluding carboxylic acids is 2. The van der Waals surface area contributed by atoms with Crippen LogP contribution in [0.15, 0.2) is 29.8 Å². The molecule has 0 saturated carbocycles. The fraction of sp³-hybridized carbons (Fsp3) is 0.412. The first-order chi connectivity index (χ1) is 10.4. The van der Waals surface area contributed by atoms with Gasteiger partial charge in [0.2, 0.25) is 0 Å². The summed E-state index contributed by atoms with van der Waals surface area (Å²) in [5.41, 5.74) is 1.38. The number of amides is 2. The van der Waals surface area contributed by atoms with Gasteiger partial charge < -0.3 is 15.5 Å². The highest BCUT2D eigenvalue weighted by atomic mass is 16.2. The highest BCUT2D eigenvalue weighted by molar-refractivity contribution is 6.23. The molecule has 5 nitrogen and oxygen atoms in total. The zero-order valence-corrected chi connectivity index (χ0v) is 13.6. The van der Waals surface area contributed by atoms with Crippen molar-refractivity contribution in [2.45, 2.75) is 33.4 Å². The van der Waals surface area contributed by atoms with E-state index < -0.39 is 5.66 Å². The smallest absolute Gasteiger partial charge is 0.258 e. The number of hydrogen-bond acceptors (Lipinski definition) is 3. The summed E-state index contributed by atoms with van der Waals surface area (Å²) in [7, 11) is 0. The van der Waals surface area contributed by atoms with Crippen LogP contribution < -0.4 is 15.5 Å². The number of hydrogen-bond donors (Lipinski definition) is 2. The summed E-state index contributed by atoms with van der Waals surface area (Å²) < 4.78 is 0. The predicted molar refractivity (Wildman–Crippen MR) is 88.3 cm³/mol. The Balaban J connectivity index is 2.22. The van der Waals surface area contributed by atoms with Crippen LogP contribution in [-0.2, 0) is 9.59 Å². The molecule has 1 aliphatic rings. The fourth-order valence-electron chi connectivity index (χ4n) is 2.50. The van der Waals surface area contributed by atoms with E-state index in [1.165, 1.54) is 0 Å². The van der Waals surface area contributed by atoms with Gasteiger partial charge in [0.15, 0.2) is 0 Å². The van der Waals surface area contributed by atoms with Gasteiger partial charge in [-0.2, -0.15) is 0 Å². The Morgan fingerprint density at radius 2 is 1.50 bits per heavy atom. The monoisotopic (exact) mass is 301 g/mol. The van der Waals surface area contributed by atoms with Crippen molar-refractivity contribution in [1.82, 2.24) is 10.6 Å². The molecule has 0 spiro atoms. The van der Waals surface area contributed by atoms with E-state index >= 15 is 0 Å². The standard InChI is InChI=1S/C17H23N3O2/c1-5-20(6-2)13-9-7-12(8-10-13)11-14-15(21)18-17(3,4)19-16(14)22/h7-11H,5-6H2,1-4H3,(H,18,21)(H,19,22). The predicted octanol–water partition coefficient (Wildman–Crippen LogP) is 1.90. The SMILES string of the molecule is CCN(CC)c1ccc(C=C2C(=O)NC(C)(C)NC2=O)cc1. The average molecular weight is 301 g/mol. The van der Waals surface area contributed by atoms with Gasteiger partial charge >= 0.3 is 0 Å². The lowest BCUT2D eigenvalue weighted by Gasteiger charge is -2.32. The topological polar surface area (TPSA) is 61.4 Å². The Morgan fingerprint density at radius 3 is 1.95 bits per heavy atom. The van der Waals surface area contributed by atoms with Crippen molar-refractivity contribution in [3.63, 3.8) is 0 Å². The normalized spacial score (nSPS) is 16.8. The van der Waals surface area contributed by atoms with Gasteiger partial charge in [-0.1, -0.05) is 12.1 Å². The molecule has 2 N–H and O–H groups in total. The fourth-order valence-corrected chi connectivity index (χ4v) is 2.50. The van der Waals surface area contributed by atoms with E-state index in [2.05, 4.69) is 29.4 Å². The molecule has 0 atom stereocenters. The van der Waals surface area contributed by atoms with Crippen LogP contribution in [0.25, 0.3) is 6.08 Å². The van der Waals surface area contributed by atoms with Crippen LogP contribution in [0.2, 0.25) is 0 Å². The molecule has 0 bridgehead atoms. The van der Waals surface area contributed by atoms with Gasteiger partial charge in [0.25, 0.3) is 11.8 Å². The Morgan fingerprint density at radius 1 is 1.00 bits per heavy atom. The molecule has 1 aromatic rings. The van der Waals surface area contributed by atoms with E-state index in [4.69, 9.17) is 0 Å². The summed E-state index contributed by atoms with van der Waals surface area (Å²) in [6.45, 7) is 9.60. The first-order valence-corrected chi connectivity index (χ1v) is 7.58. The van der Waals surface area contributed by atoms with Crippen molar-refractivity contribution >= 4 is 23.6 Å². The Labute approximate surface area is 131 Å². The Bertz CT molecular complexity index is 577. The zero-order valence-electron chi connectivity index (χ0n) is 13.6. The molecule has 0 radical (unpaired) electrons. The van der Waals surface area contributed by atoms with Gasteiger partial charge in [-0.15, -0.1) is 0 Å². The molecular formula is C17H23N3O2. The number of benzene rings is 1. The number of nitrogens with zero attached hydrogens (tertiary/aromatic N) is 1. The van der Waals surface area contributed by atoms with Crippen LogP contribution >= 0.6 is 0 Å². The van der Waals surface area contributed by atoms with Gasteiger partial charge in [-0.05, 0) is 51.5 Å². The van der Waals surface area contributed by atoms with Gasteiger partial charge in [-0.3, -0.25) is 9.59 Å². The van der Waals surface area contributed by atoms with Crippen LogP contribution in [-0.4, -0.2) is 30.6 Å². The quantitative estimate of drug-likeness (QED) is 0.659. The van der Waals surface area contributed by atoms with Gasteiger partial charge in [0.05, 0.1) is 0 Å². The molecule has 0 aromatic heterocycles. The van der Waals surface area contributed by atoms with E-state index in [0.717, 1.165) is 24.3 Å². The molecule has 1 saturated heterocycles. The highest BCUT2D eigenvalue weighted by Crippen LogP contribution is 2.18. The van der Waals surface area contributed by atoms with Crippen molar-refractivity contribution in [3.8, 4) is 0 Å². The van der Waals surface area contributed by atoms with Crippen LogP contribution in [0.5, 0.6) is 0 Å². The molecule has 0 aliphatic carbocycles. The highest BCUT2D eigenvalue weighted by Gasteiger charge is 2.33. The Kier molecular flexibility index (Phi) is 4.54. The second kappa shape index (κ2) is 6.22. The molecule has 2 amide bonds. The summed E-state index contributed by atoms with van der Waals surface area (Å²) in [5.74, 6) is -0.692. The lowest BCUT2D eigenvalue weighted by Crippen LogP contribution is -2.62. The summed E-state index contributed by atoms with van der Waals surface area (Å²) in [4.78, 5) is 26.3. The zero-order chi connectivity index (χ0) is 16.3. The summed E-state index contributed by atoms with van der Waals surface area (Å²) in [5, 5.41) is 5.51. The molecule has 118 valence electrons. The lowest BCUT2D eigenvalue weighted by molar-refractivity contribution is -0.129. The third-order valence-corrected chi connectivity index (χ3v) is 3.67. The van der Waals surface area contributed by atoms with Crippen molar-refractivity contribution in [3.05, 3.63) is 35.4 Å². The molecule has 1 heterocycles. The second-order valence-electron chi connectivity index (χ2n) is 5.86. The first-order valence-electron chi connectivity index (χ1n) is 7.58. The number of nitrogens with one attached hydrogen (secondary N) is 2. The molecule has 0 unspecified atom stereocenters. The lowest BCUT2D eigenvalue weighted by atomic mass is 10.0. The van der Waals surface area contributed by atoms with Crippen LogP contribution in [0.3, 0.4) is 0 Å². The molecule has 5 heteroatoms. The number of anilines is 1. The summed E-state index contributed by atoms with van der Waals surface area (Å²) in [6.07, 6.45) is 1.62. The third-order valence-electron chi connectivity index (χ3n) is 3.67. The van der Waals surface area contributed by atoms with E-state index in [1.807, 2.05) is 24.3 Å². The summed E-state index contributed by atoms with van der Waals surface area (Å²) in [6, 6.07) is 7.84. The molecule has 22 heavy (non-hydrogen) atoms. The van der Waals surface area contributed by atoms with Crippen molar-refractivity contribution in [1.29, 1.82) is 0 Å². The van der Waals surface area contributed by atoms with E-state index in [9.17, 15) is 9.59 Å². The minimum Gasteiger partial charge on any atom is -0.372 e. The Hall–Kier alpha value is -2.30. The van der Waals surface area contributed by atoms with Gasteiger partial charge in [0, 0.05) is 18.8 Å².